The average molecular weight is 200 g/mol. The van der Waals surface area contributed by atoms with Crippen molar-refractivity contribution in [3.63, 3.8) is 0 Å². The van der Waals surface area contributed by atoms with E-state index in [0.29, 0.717) is 0 Å². The van der Waals surface area contributed by atoms with Gasteiger partial charge in [-0.25, -0.2) is 0 Å². The summed E-state index contributed by atoms with van der Waals surface area (Å²) in [5.74, 6) is -0.250. The molecule has 0 aromatic heterocycles. The highest BCUT2D eigenvalue weighted by Crippen LogP contribution is 2.09. The molecule has 0 aliphatic carbocycles. The third kappa shape index (κ3) is 3.27. The molecule has 1 aliphatic rings. The molecule has 1 heterocycles. The van der Waals surface area contributed by atoms with Crippen LogP contribution in [0.25, 0.3) is 0 Å². The van der Waals surface area contributed by atoms with Crippen molar-refractivity contribution in [3.8, 4) is 0 Å². The van der Waals surface area contributed by atoms with Crippen molar-refractivity contribution in [2.24, 2.45) is 0 Å². The summed E-state index contributed by atoms with van der Waals surface area (Å²) in [4.78, 5) is 13.6. The van der Waals surface area contributed by atoms with E-state index >= 15 is 0 Å². The van der Waals surface area contributed by atoms with E-state index in [2.05, 4.69) is 17.1 Å². The summed E-state index contributed by atoms with van der Waals surface area (Å²) < 4.78 is 0. The summed E-state index contributed by atoms with van der Waals surface area (Å²) in [6.45, 7) is 6.81. The highest BCUT2D eigenvalue weighted by molar-refractivity contribution is 5.80. The minimum absolute atomic E-state index is 0.250. The van der Waals surface area contributed by atoms with Crippen LogP contribution in [-0.4, -0.2) is 47.7 Å². The number of nitrogens with one attached hydrogen (secondary N) is 1. The third-order valence-electron chi connectivity index (χ3n) is 2.76. The van der Waals surface area contributed by atoms with Crippen LogP contribution in [0.2, 0.25) is 0 Å². The SMILES string of the molecule is CCN1CCC(NC(=O)C(C)O)CC1. The number of aliphatic hydroxyl groups is 1. The Labute approximate surface area is 85.3 Å². The Kier molecular flexibility index (Phi) is 4.35. The average Bonchev–Trinajstić information content (AvgIpc) is 2.19. The van der Waals surface area contributed by atoms with E-state index < -0.39 is 6.10 Å². The molecule has 0 saturated carbocycles. The topological polar surface area (TPSA) is 52.6 Å². The number of amides is 1. The van der Waals surface area contributed by atoms with Gasteiger partial charge in [0.05, 0.1) is 0 Å². The van der Waals surface area contributed by atoms with E-state index in [-0.39, 0.29) is 11.9 Å². The van der Waals surface area contributed by atoms with Crippen LogP contribution in [0.4, 0.5) is 0 Å². The maximum atomic E-state index is 11.2. The van der Waals surface area contributed by atoms with Gasteiger partial charge >= 0.3 is 0 Å². The molecule has 1 atom stereocenters. The first-order valence-electron chi connectivity index (χ1n) is 5.34. The number of hydrogen-bond donors (Lipinski definition) is 2. The van der Waals surface area contributed by atoms with Gasteiger partial charge in [-0.2, -0.15) is 0 Å². The van der Waals surface area contributed by atoms with Gasteiger partial charge in [0, 0.05) is 19.1 Å². The van der Waals surface area contributed by atoms with Crippen LogP contribution in [0.3, 0.4) is 0 Å². The lowest BCUT2D eigenvalue weighted by Gasteiger charge is -2.31. The summed E-state index contributed by atoms with van der Waals surface area (Å²) in [6, 6.07) is 0.250. The Hall–Kier alpha value is -0.610. The van der Waals surface area contributed by atoms with Gasteiger partial charge in [0.1, 0.15) is 6.10 Å². The Bertz CT molecular complexity index is 187. The van der Waals surface area contributed by atoms with Gasteiger partial charge in [0.25, 0.3) is 0 Å². The molecule has 1 saturated heterocycles. The molecule has 0 radical (unpaired) electrons. The molecule has 0 bridgehead atoms. The number of rotatable bonds is 3. The van der Waals surface area contributed by atoms with Gasteiger partial charge in [0.15, 0.2) is 0 Å². The summed E-state index contributed by atoms with van der Waals surface area (Å²) in [7, 11) is 0. The first-order chi connectivity index (χ1) is 6.63. The molecule has 4 nitrogen and oxygen atoms in total. The van der Waals surface area contributed by atoms with Crippen LogP contribution in [0.1, 0.15) is 26.7 Å². The van der Waals surface area contributed by atoms with Crippen molar-refractivity contribution in [1.29, 1.82) is 0 Å². The van der Waals surface area contributed by atoms with E-state index in [9.17, 15) is 4.79 Å². The summed E-state index contributed by atoms with van der Waals surface area (Å²) >= 11 is 0. The first-order valence-corrected chi connectivity index (χ1v) is 5.34. The maximum Gasteiger partial charge on any atom is 0.248 e. The van der Waals surface area contributed by atoms with Gasteiger partial charge in [0.2, 0.25) is 5.91 Å². The number of likely N-dealkylation sites (tertiary alicyclic amines) is 1. The number of carbonyl (C=O) groups is 1. The maximum absolute atomic E-state index is 11.2. The van der Waals surface area contributed by atoms with E-state index in [0.717, 1.165) is 32.5 Å². The Morgan fingerprint density at radius 3 is 2.57 bits per heavy atom. The quantitative estimate of drug-likeness (QED) is 0.672. The molecule has 0 aromatic carbocycles. The van der Waals surface area contributed by atoms with Gasteiger partial charge in [-0.15, -0.1) is 0 Å². The number of piperidine rings is 1. The number of carbonyl (C=O) groups excluding carboxylic acids is 1. The van der Waals surface area contributed by atoms with Crippen LogP contribution >= 0.6 is 0 Å². The fraction of sp³-hybridized carbons (Fsp3) is 0.900. The van der Waals surface area contributed by atoms with E-state index in [1.165, 1.54) is 6.92 Å². The zero-order valence-electron chi connectivity index (χ0n) is 8.99. The molecule has 1 rings (SSSR count). The van der Waals surface area contributed by atoms with Gasteiger partial charge in [-0.05, 0) is 26.3 Å². The monoisotopic (exact) mass is 200 g/mol. The molecule has 0 aromatic rings. The molecule has 1 unspecified atom stereocenters. The van der Waals surface area contributed by atoms with Crippen molar-refractivity contribution in [2.75, 3.05) is 19.6 Å². The minimum Gasteiger partial charge on any atom is -0.384 e. The molecule has 0 spiro atoms. The van der Waals surface area contributed by atoms with Crippen molar-refractivity contribution in [1.82, 2.24) is 10.2 Å². The molecule has 1 aliphatic heterocycles. The second-order valence-corrected chi connectivity index (χ2v) is 3.89. The minimum atomic E-state index is -0.890. The number of aliphatic hydroxyl groups excluding tert-OH is 1. The molecule has 14 heavy (non-hydrogen) atoms. The lowest BCUT2D eigenvalue weighted by molar-refractivity contribution is -0.129. The van der Waals surface area contributed by atoms with Crippen LogP contribution in [0, 0.1) is 0 Å². The van der Waals surface area contributed by atoms with E-state index in [1.54, 1.807) is 0 Å². The van der Waals surface area contributed by atoms with Crippen LogP contribution in [0.15, 0.2) is 0 Å². The Morgan fingerprint density at radius 2 is 2.14 bits per heavy atom. The number of hydrogen-bond acceptors (Lipinski definition) is 3. The second-order valence-electron chi connectivity index (χ2n) is 3.89. The molecule has 1 fully saturated rings. The second kappa shape index (κ2) is 5.32. The summed E-state index contributed by atoms with van der Waals surface area (Å²) in [5.41, 5.74) is 0. The third-order valence-corrected chi connectivity index (χ3v) is 2.76. The van der Waals surface area contributed by atoms with Crippen molar-refractivity contribution in [2.45, 2.75) is 38.8 Å². The normalized spacial score (nSPS) is 21.9. The largest absolute Gasteiger partial charge is 0.384 e. The molecule has 4 heteroatoms. The number of nitrogens with zero attached hydrogens (tertiary/aromatic N) is 1. The highest BCUT2D eigenvalue weighted by atomic mass is 16.3. The molecule has 82 valence electrons. The zero-order chi connectivity index (χ0) is 10.6. The van der Waals surface area contributed by atoms with Gasteiger partial charge < -0.3 is 15.3 Å². The smallest absolute Gasteiger partial charge is 0.248 e. The van der Waals surface area contributed by atoms with Crippen LogP contribution < -0.4 is 5.32 Å². The lowest BCUT2D eigenvalue weighted by atomic mass is 10.0. The van der Waals surface area contributed by atoms with Crippen molar-refractivity contribution in [3.05, 3.63) is 0 Å². The zero-order valence-corrected chi connectivity index (χ0v) is 8.99. The molecule has 2 N–H and O–H groups in total. The predicted octanol–water partition coefficient (Wildman–Crippen LogP) is -0.0323. The standard InChI is InChI=1S/C10H20N2O2/c1-3-12-6-4-9(5-7-12)11-10(14)8(2)13/h8-9,13H,3-7H2,1-2H3,(H,11,14). The van der Waals surface area contributed by atoms with E-state index in [1.807, 2.05) is 0 Å². The van der Waals surface area contributed by atoms with Gasteiger partial charge in [-0.1, -0.05) is 6.92 Å². The predicted molar refractivity (Wildman–Crippen MR) is 55.0 cm³/mol. The fourth-order valence-electron chi connectivity index (χ4n) is 1.72. The lowest BCUT2D eigenvalue weighted by Crippen LogP contribution is -2.46. The van der Waals surface area contributed by atoms with Crippen molar-refractivity contribution >= 4 is 5.91 Å². The molecular formula is C10H20N2O2. The van der Waals surface area contributed by atoms with Crippen molar-refractivity contribution < 1.29 is 9.90 Å². The first kappa shape index (κ1) is 11.5. The fourth-order valence-corrected chi connectivity index (χ4v) is 1.72. The molecule has 1 amide bonds. The van der Waals surface area contributed by atoms with E-state index in [4.69, 9.17) is 5.11 Å². The Balaban J connectivity index is 2.25. The molecular weight excluding hydrogens is 180 g/mol. The summed E-state index contributed by atoms with van der Waals surface area (Å²) in [5, 5.41) is 11.9. The van der Waals surface area contributed by atoms with Crippen LogP contribution in [0.5, 0.6) is 0 Å². The van der Waals surface area contributed by atoms with Gasteiger partial charge in [-0.3, -0.25) is 4.79 Å². The Morgan fingerprint density at radius 1 is 1.57 bits per heavy atom. The van der Waals surface area contributed by atoms with Crippen LogP contribution in [-0.2, 0) is 4.79 Å². The highest BCUT2D eigenvalue weighted by Gasteiger charge is 2.20. The summed E-state index contributed by atoms with van der Waals surface area (Å²) in [6.07, 6.45) is 1.10.